The molecule has 0 bridgehead atoms. The topological polar surface area (TPSA) is 43.9 Å². The van der Waals surface area contributed by atoms with Crippen LogP contribution in [0.25, 0.3) is 0 Å². The van der Waals surface area contributed by atoms with E-state index in [0.717, 1.165) is 38.8 Å². The molecule has 2 heterocycles. The molecule has 1 aromatic rings. The Kier molecular flexibility index (Phi) is 7.36. The quantitative estimate of drug-likeness (QED) is 0.767. The Hall–Kier alpha value is -1.59. The third-order valence-electron chi connectivity index (χ3n) is 6.21. The predicted molar refractivity (Wildman–Crippen MR) is 113 cm³/mol. The Labute approximate surface area is 173 Å². The van der Waals surface area contributed by atoms with Crippen LogP contribution in [0.3, 0.4) is 0 Å². The van der Waals surface area contributed by atoms with Crippen molar-refractivity contribution in [3.8, 4) is 0 Å². The molecule has 6 heteroatoms. The zero-order valence-corrected chi connectivity index (χ0v) is 17.8. The lowest BCUT2D eigenvalue weighted by Gasteiger charge is -2.39. The number of nitrogens with zero attached hydrogens (tertiary/aromatic N) is 3. The van der Waals surface area contributed by atoms with Crippen LogP contribution < -0.4 is 0 Å². The maximum atomic E-state index is 13.1. The Balaban J connectivity index is 1.62. The van der Waals surface area contributed by atoms with Gasteiger partial charge < -0.3 is 9.80 Å². The second kappa shape index (κ2) is 9.75. The van der Waals surface area contributed by atoms with Gasteiger partial charge in [-0.25, -0.2) is 0 Å². The number of piperidine rings is 1. The van der Waals surface area contributed by atoms with Crippen molar-refractivity contribution < 1.29 is 9.59 Å². The SMILES string of the molecule is CCC1CCCCN1C(=O)C(C)N1CCCN(C(=O)c2ccccc2Cl)CC1. The van der Waals surface area contributed by atoms with Gasteiger partial charge in [0.15, 0.2) is 0 Å². The largest absolute Gasteiger partial charge is 0.338 e. The van der Waals surface area contributed by atoms with E-state index in [0.29, 0.717) is 36.3 Å². The monoisotopic (exact) mass is 405 g/mol. The van der Waals surface area contributed by atoms with E-state index in [2.05, 4.69) is 16.7 Å². The fourth-order valence-electron chi connectivity index (χ4n) is 4.44. The van der Waals surface area contributed by atoms with Crippen LogP contribution in [0.4, 0.5) is 0 Å². The number of carbonyl (C=O) groups is 2. The molecule has 2 aliphatic rings. The van der Waals surface area contributed by atoms with Gasteiger partial charge in [0.1, 0.15) is 0 Å². The Bertz CT molecular complexity index is 696. The van der Waals surface area contributed by atoms with Crippen LogP contribution in [0.2, 0.25) is 5.02 Å². The predicted octanol–water partition coefficient (Wildman–Crippen LogP) is 3.67. The molecular weight excluding hydrogens is 374 g/mol. The summed E-state index contributed by atoms with van der Waals surface area (Å²) in [6.45, 7) is 7.95. The molecule has 0 saturated carbocycles. The third kappa shape index (κ3) is 4.69. The number of amides is 2. The van der Waals surface area contributed by atoms with E-state index in [1.165, 1.54) is 6.42 Å². The maximum absolute atomic E-state index is 13.1. The first-order chi connectivity index (χ1) is 13.5. The summed E-state index contributed by atoms with van der Waals surface area (Å²) in [6.07, 6.45) is 5.34. The first kappa shape index (κ1) is 21.1. The van der Waals surface area contributed by atoms with Crippen LogP contribution in [-0.2, 0) is 4.79 Å². The summed E-state index contributed by atoms with van der Waals surface area (Å²) in [6, 6.07) is 7.45. The van der Waals surface area contributed by atoms with E-state index < -0.39 is 0 Å². The van der Waals surface area contributed by atoms with Gasteiger partial charge in [0.05, 0.1) is 16.6 Å². The van der Waals surface area contributed by atoms with Crippen molar-refractivity contribution in [3.05, 3.63) is 34.9 Å². The molecule has 0 N–H and O–H groups in total. The Morgan fingerprint density at radius 2 is 1.86 bits per heavy atom. The minimum atomic E-state index is -0.137. The maximum Gasteiger partial charge on any atom is 0.255 e. The molecule has 0 radical (unpaired) electrons. The molecular formula is C22H32ClN3O2. The van der Waals surface area contributed by atoms with Gasteiger partial charge in [-0.1, -0.05) is 30.7 Å². The summed E-state index contributed by atoms with van der Waals surface area (Å²) in [5.74, 6) is 0.228. The lowest BCUT2D eigenvalue weighted by atomic mass is 9.99. The van der Waals surface area contributed by atoms with Crippen LogP contribution in [0.5, 0.6) is 0 Å². The highest BCUT2D eigenvalue weighted by Gasteiger charge is 2.32. The van der Waals surface area contributed by atoms with Crippen molar-refractivity contribution in [2.45, 2.75) is 58.0 Å². The number of likely N-dealkylation sites (tertiary alicyclic amines) is 1. The van der Waals surface area contributed by atoms with Gasteiger partial charge in [-0.15, -0.1) is 0 Å². The van der Waals surface area contributed by atoms with Crippen molar-refractivity contribution in [1.29, 1.82) is 0 Å². The van der Waals surface area contributed by atoms with E-state index in [9.17, 15) is 9.59 Å². The summed E-state index contributed by atoms with van der Waals surface area (Å²) in [5, 5.41) is 0.493. The van der Waals surface area contributed by atoms with Crippen molar-refractivity contribution in [2.24, 2.45) is 0 Å². The number of benzene rings is 1. The molecule has 2 unspecified atom stereocenters. The number of carbonyl (C=O) groups excluding carboxylic acids is 2. The molecule has 2 aliphatic heterocycles. The standard InChI is InChI=1S/C22H32ClN3O2/c1-3-18-9-6-7-14-26(18)21(27)17(2)24-12-8-13-25(16-15-24)22(28)19-10-4-5-11-20(19)23/h4-5,10-11,17-18H,3,6-9,12-16H2,1-2H3. The second-order valence-corrected chi connectivity index (χ2v) is 8.33. The summed E-state index contributed by atoms with van der Waals surface area (Å²) < 4.78 is 0. The fourth-order valence-corrected chi connectivity index (χ4v) is 4.66. The summed E-state index contributed by atoms with van der Waals surface area (Å²) >= 11 is 6.21. The van der Waals surface area contributed by atoms with Crippen molar-refractivity contribution in [3.63, 3.8) is 0 Å². The summed E-state index contributed by atoms with van der Waals surface area (Å²) in [7, 11) is 0. The molecule has 2 atom stereocenters. The molecule has 1 aromatic carbocycles. The first-order valence-electron chi connectivity index (χ1n) is 10.6. The molecule has 0 aliphatic carbocycles. The van der Waals surface area contributed by atoms with Gasteiger partial charge >= 0.3 is 0 Å². The van der Waals surface area contributed by atoms with E-state index in [1.807, 2.05) is 24.0 Å². The van der Waals surface area contributed by atoms with E-state index in [-0.39, 0.29) is 17.9 Å². The fraction of sp³-hybridized carbons (Fsp3) is 0.636. The molecule has 5 nitrogen and oxygen atoms in total. The zero-order valence-electron chi connectivity index (χ0n) is 17.1. The van der Waals surface area contributed by atoms with Gasteiger partial charge in [0.2, 0.25) is 5.91 Å². The van der Waals surface area contributed by atoms with Crippen LogP contribution in [0, 0.1) is 0 Å². The Morgan fingerprint density at radius 1 is 1.07 bits per heavy atom. The number of hydrogen-bond donors (Lipinski definition) is 0. The van der Waals surface area contributed by atoms with Crippen LogP contribution in [0.1, 0.15) is 56.3 Å². The molecule has 2 amide bonds. The van der Waals surface area contributed by atoms with Crippen molar-refractivity contribution in [2.75, 3.05) is 32.7 Å². The van der Waals surface area contributed by atoms with Crippen molar-refractivity contribution >= 4 is 23.4 Å². The lowest BCUT2D eigenvalue weighted by molar-refractivity contribution is -0.140. The molecule has 28 heavy (non-hydrogen) atoms. The highest BCUT2D eigenvalue weighted by Crippen LogP contribution is 2.22. The van der Waals surface area contributed by atoms with Gasteiger partial charge in [-0.3, -0.25) is 14.5 Å². The highest BCUT2D eigenvalue weighted by atomic mass is 35.5. The van der Waals surface area contributed by atoms with Crippen LogP contribution in [-0.4, -0.2) is 71.3 Å². The van der Waals surface area contributed by atoms with E-state index in [1.54, 1.807) is 12.1 Å². The van der Waals surface area contributed by atoms with E-state index >= 15 is 0 Å². The van der Waals surface area contributed by atoms with E-state index in [4.69, 9.17) is 11.6 Å². The average Bonchev–Trinajstić information content (AvgIpc) is 2.99. The smallest absolute Gasteiger partial charge is 0.255 e. The molecule has 0 spiro atoms. The molecule has 154 valence electrons. The third-order valence-corrected chi connectivity index (χ3v) is 6.54. The zero-order chi connectivity index (χ0) is 20.1. The second-order valence-electron chi connectivity index (χ2n) is 7.93. The number of halogens is 1. The van der Waals surface area contributed by atoms with Crippen LogP contribution in [0.15, 0.2) is 24.3 Å². The minimum absolute atomic E-state index is 0.0199. The van der Waals surface area contributed by atoms with Gasteiger partial charge in [0.25, 0.3) is 5.91 Å². The van der Waals surface area contributed by atoms with Gasteiger partial charge in [0, 0.05) is 38.8 Å². The average molecular weight is 406 g/mol. The van der Waals surface area contributed by atoms with Gasteiger partial charge in [-0.2, -0.15) is 0 Å². The first-order valence-corrected chi connectivity index (χ1v) is 11.0. The number of rotatable bonds is 4. The molecule has 3 rings (SSSR count). The summed E-state index contributed by atoms with van der Waals surface area (Å²) in [4.78, 5) is 32.2. The minimum Gasteiger partial charge on any atom is -0.338 e. The van der Waals surface area contributed by atoms with Crippen molar-refractivity contribution in [1.82, 2.24) is 14.7 Å². The highest BCUT2D eigenvalue weighted by molar-refractivity contribution is 6.33. The normalized spacial score (nSPS) is 22.6. The van der Waals surface area contributed by atoms with Gasteiger partial charge in [-0.05, 0) is 51.2 Å². The number of hydrogen-bond acceptors (Lipinski definition) is 3. The Morgan fingerprint density at radius 3 is 2.61 bits per heavy atom. The lowest BCUT2D eigenvalue weighted by Crippen LogP contribution is -2.52. The molecule has 0 aromatic heterocycles. The summed E-state index contributed by atoms with van der Waals surface area (Å²) in [5.41, 5.74) is 0.556. The van der Waals surface area contributed by atoms with Crippen LogP contribution >= 0.6 is 11.6 Å². The molecule has 2 saturated heterocycles. The molecule has 2 fully saturated rings.